The first kappa shape index (κ1) is 18.0. The Morgan fingerprint density at radius 3 is 2.48 bits per heavy atom. The van der Waals surface area contributed by atoms with Crippen molar-refractivity contribution >= 4 is 17.7 Å². The van der Waals surface area contributed by atoms with Crippen LogP contribution in [-0.4, -0.2) is 31.5 Å². The summed E-state index contributed by atoms with van der Waals surface area (Å²) in [7, 11) is 0. The summed E-state index contributed by atoms with van der Waals surface area (Å²) in [6, 6.07) is 4.70. The minimum atomic E-state index is -1.79. The summed E-state index contributed by atoms with van der Waals surface area (Å²) in [5, 5.41) is 22.6. The molecule has 1 amide bonds. The molecule has 1 atom stereocenters. The van der Waals surface area contributed by atoms with Crippen LogP contribution in [0.5, 0.6) is 0 Å². The van der Waals surface area contributed by atoms with Gasteiger partial charge < -0.3 is 20.5 Å². The number of halogens is 1. The van der Waals surface area contributed by atoms with Gasteiger partial charge >= 0.3 is 11.8 Å². The molecule has 25 heavy (non-hydrogen) atoms. The highest BCUT2D eigenvalue weighted by molar-refractivity contribution is 5.87. The maximum absolute atomic E-state index is 13.0. The SMILES string of the molecule is Cc1nc([N+](=O)[O-])cn1CC(=O)NC(C)(C(=O)O)c1ccc(F)cc1. The number of carboxylic acid groups (broad SMARTS) is 1. The van der Waals surface area contributed by atoms with Gasteiger partial charge in [-0.25, -0.2) is 9.18 Å². The average Bonchev–Trinajstić information content (AvgIpc) is 2.88. The summed E-state index contributed by atoms with van der Waals surface area (Å²) >= 11 is 0. The Balaban J connectivity index is 2.22. The molecule has 1 aromatic carbocycles. The third kappa shape index (κ3) is 3.79. The second-order valence-corrected chi connectivity index (χ2v) is 5.52. The van der Waals surface area contributed by atoms with Crippen LogP contribution >= 0.6 is 0 Å². The number of carbonyl (C=O) groups is 2. The first-order valence-electron chi connectivity index (χ1n) is 7.12. The third-order valence-electron chi connectivity index (χ3n) is 3.70. The van der Waals surface area contributed by atoms with Crippen molar-refractivity contribution < 1.29 is 24.0 Å². The van der Waals surface area contributed by atoms with Crippen LogP contribution in [0.4, 0.5) is 10.2 Å². The third-order valence-corrected chi connectivity index (χ3v) is 3.70. The number of rotatable bonds is 6. The number of carbonyl (C=O) groups excluding carboxylic acids is 1. The van der Waals surface area contributed by atoms with Crippen LogP contribution < -0.4 is 5.32 Å². The monoisotopic (exact) mass is 350 g/mol. The van der Waals surface area contributed by atoms with Crippen LogP contribution in [0, 0.1) is 22.9 Å². The van der Waals surface area contributed by atoms with Gasteiger partial charge in [-0.15, -0.1) is 0 Å². The molecule has 0 aliphatic heterocycles. The molecule has 0 bridgehead atoms. The van der Waals surface area contributed by atoms with Gasteiger partial charge in [0.1, 0.15) is 18.6 Å². The Kier molecular flexibility index (Phi) is 4.82. The van der Waals surface area contributed by atoms with E-state index >= 15 is 0 Å². The van der Waals surface area contributed by atoms with Crippen molar-refractivity contribution in [1.29, 1.82) is 0 Å². The van der Waals surface area contributed by atoms with Crippen LogP contribution in [0.1, 0.15) is 18.3 Å². The van der Waals surface area contributed by atoms with Gasteiger partial charge in [0, 0.05) is 6.92 Å². The first-order chi connectivity index (χ1) is 11.6. The fourth-order valence-electron chi connectivity index (χ4n) is 2.25. The quantitative estimate of drug-likeness (QED) is 0.598. The topological polar surface area (TPSA) is 127 Å². The number of nitrogens with zero attached hydrogens (tertiary/aromatic N) is 3. The number of aryl methyl sites for hydroxylation is 1. The predicted octanol–water partition coefficient (Wildman–Crippen LogP) is 1.36. The molecule has 1 heterocycles. The van der Waals surface area contributed by atoms with E-state index in [1.807, 2.05) is 0 Å². The van der Waals surface area contributed by atoms with E-state index in [1.165, 1.54) is 30.5 Å². The standard InChI is InChI=1S/C15H15FN4O5/c1-9-17-12(20(24)25)7-19(9)8-13(21)18-15(2,14(22)23)10-3-5-11(16)6-4-10/h3-7H,8H2,1-2H3,(H,18,21)(H,22,23). The van der Waals surface area contributed by atoms with Crippen LogP contribution in [0.15, 0.2) is 30.5 Å². The molecule has 0 radical (unpaired) electrons. The lowest BCUT2D eigenvalue weighted by atomic mass is 9.92. The molecule has 0 aliphatic carbocycles. The molecule has 0 aliphatic rings. The highest BCUT2D eigenvalue weighted by Crippen LogP contribution is 2.22. The van der Waals surface area contributed by atoms with Crippen molar-refractivity contribution in [1.82, 2.24) is 14.9 Å². The van der Waals surface area contributed by atoms with E-state index in [4.69, 9.17) is 0 Å². The average molecular weight is 350 g/mol. The Hall–Kier alpha value is -3.30. The van der Waals surface area contributed by atoms with Gasteiger partial charge in [0.05, 0.1) is 0 Å². The van der Waals surface area contributed by atoms with Crippen LogP contribution in [0.2, 0.25) is 0 Å². The molecular weight excluding hydrogens is 335 g/mol. The fourth-order valence-corrected chi connectivity index (χ4v) is 2.25. The molecule has 10 heteroatoms. The van der Waals surface area contributed by atoms with Crippen molar-refractivity contribution in [2.24, 2.45) is 0 Å². The first-order valence-corrected chi connectivity index (χ1v) is 7.12. The van der Waals surface area contributed by atoms with E-state index in [0.29, 0.717) is 0 Å². The maximum Gasteiger partial charge on any atom is 0.381 e. The van der Waals surface area contributed by atoms with E-state index < -0.39 is 34.0 Å². The van der Waals surface area contributed by atoms with Crippen LogP contribution in [-0.2, 0) is 21.7 Å². The van der Waals surface area contributed by atoms with Crippen molar-refractivity contribution in [3.8, 4) is 0 Å². The maximum atomic E-state index is 13.0. The summed E-state index contributed by atoms with van der Waals surface area (Å²) in [5.74, 6) is -2.74. The summed E-state index contributed by atoms with van der Waals surface area (Å²) in [6.07, 6.45) is 1.09. The lowest BCUT2D eigenvalue weighted by Gasteiger charge is -2.27. The van der Waals surface area contributed by atoms with Gasteiger partial charge in [-0.1, -0.05) is 12.1 Å². The van der Waals surface area contributed by atoms with Crippen LogP contribution in [0.25, 0.3) is 0 Å². The number of aromatic nitrogens is 2. The van der Waals surface area contributed by atoms with Gasteiger partial charge in [-0.2, -0.15) is 0 Å². The molecular formula is C15H15FN4O5. The second kappa shape index (κ2) is 6.67. The zero-order valence-electron chi connectivity index (χ0n) is 13.4. The van der Waals surface area contributed by atoms with E-state index in [-0.39, 0.29) is 17.9 Å². The summed E-state index contributed by atoms with van der Waals surface area (Å²) < 4.78 is 14.3. The molecule has 0 saturated carbocycles. The number of aliphatic carboxylic acids is 1. The molecule has 1 unspecified atom stereocenters. The van der Waals surface area contributed by atoms with Crippen molar-refractivity contribution in [2.45, 2.75) is 25.9 Å². The highest BCUT2D eigenvalue weighted by Gasteiger charge is 2.37. The number of nitro groups is 1. The zero-order chi connectivity index (χ0) is 18.8. The number of imidazole rings is 1. The largest absolute Gasteiger partial charge is 0.479 e. The van der Waals surface area contributed by atoms with E-state index in [0.717, 1.165) is 18.3 Å². The number of amides is 1. The molecule has 0 fully saturated rings. The molecule has 2 N–H and O–H groups in total. The van der Waals surface area contributed by atoms with Gasteiger partial charge in [0.2, 0.25) is 11.7 Å². The van der Waals surface area contributed by atoms with E-state index in [2.05, 4.69) is 10.3 Å². The number of hydrogen-bond acceptors (Lipinski definition) is 5. The summed E-state index contributed by atoms with van der Waals surface area (Å²) in [5.41, 5.74) is -1.60. The van der Waals surface area contributed by atoms with Crippen LogP contribution in [0.3, 0.4) is 0 Å². The lowest BCUT2D eigenvalue weighted by molar-refractivity contribution is -0.389. The molecule has 0 saturated heterocycles. The van der Waals surface area contributed by atoms with Crippen molar-refractivity contribution in [3.05, 3.63) is 57.8 Å². The number of carboxylic acids is 1. The van der Waals surface area contributed by atoms with Gasteiger partial charge in [0.25, 0.3) is 0 Å². The molecule has 2 aromatic rings. The molecule has 132 valence electrons. The normalized spacial score (nSPS) is 13.1. The van der Waals surface area contributed by atoms with E-state index in [1.54, 1.807) is 0 Å². The lowest BCUT2D eigenvalue weighted by Crippen LogP contribution is -2.50. The van der Waals surface area contributed by atoms with Gasteiger partial charge in [-0.05, 0) is 34.5 Å². The number of hydrogen-bond donors (Lipinski definition) is 2. The Morgan fingerprint density at radius 1 is 1.40 bits per heavy atom. The Labute approximate surface area is 141 Å². The van der Waals surface area contributed by atoms with Crippen molar-refractivity contribution in [3.63, 3.8) is 0 Å². The number of benzene rings is 1. The summed E-state index contributed by atoms with van der Waals surface area (Å²) in [6.45, 7) is 2.40. The molecule has 0 spiro atoms. The zero-order valence-corrected chi connectivity index (χ0v) is 13.4. The molecule has 1 aromatic heterocycles. The molecule has 2 rings (SSSR count). The minimum Gasteiger partial charge on any atom is -0.479 e. The van der Waals surface area contributed by atoms with Gasteiger partial charge in [0.15, 0.2) is 5.54 Å². The minimum absolute atomic E-state index is 0.183. The second-order valence-electron chi connectivity index (χ2n) is 5.52. The van der Waals surface area contributed by atoms with Crippen molar-refractivity contribution in [2.75, 3.05) is 0 Å². The highest BCUT2D eigenvalue weighted by atomic mass is 19.1. The Bertz CT molecular complexity index is 833. The molecule has 9 nitrogen and oxygen atoms in total. The Morgan fingerprint density at radius 2 is 2.00 bits per heavy atom. The predicted molar refractivity (Wildman–Crippen MR) is 83.1 cm³/mol. The van der Waals surface area contributed by atoms with E-state index in [9.17, 15) is 29.2 Å². The fraction of sp³-hybridized carbons (Fsp3) is 0.267. The summed E-state index contributed by atoms with van der Waals surface area (Å²) in [4.78, 5) is 37.6. The smallest absolute Gasteiger partial charge is 0.381 e. The van der Waals surface area contributed by atoms with Gasteiger partial charge in [-0.3, -0.25) is 9.36 Å². The number of nitrogens with one attached hydrogen (secondary N) is 1.